The Labute approximate surface area is 117 Å². The summed E-state index contributed by atoms with van der Waals surface area (Å²) in [5.41, 5.74) is 1.86. The van der Waals surface area contributed by atoms with Gasteiger partial charge in [0.1, 0.15) is 5.82 Å². The average Bonchev–Trinajstić information content (AvgIpc) is 3.01. The summed E-state index contributed by atoms with van der Waals surface area (Å²) in [6.45, 7) is 4.00. The summed E-state index contributed by atoms with van der Waals surface area (Å²) >= 11 is 0. The predicted octanol–water partition coefficient (Wildman–Crippen LogP) is 4.10. The number of aromatic nitrogens is 3. The van der Waals surface area contributed by atoms with Gasteiger partial charge in [0.25, 0.3) is 0 Å². The lowest BCUT2D eigenvalue weighted by atomic mass is 10.1. The van der Waals surface area contributed by atoms with Crippen LogP contribution in [-0.4, -0.2) is 14.8 Å². The Hall–Kier alpha value is -2.49. The second-order valence-electron chi connectivity index (χ2n) is 3.87. The lowest BCUT2D eigenvalue weighted by Crippen LogP contribution is -1.95. The summed E-state index contributed by atoms with van der Waals surface area (Å²) in [6, 6.07) is 12.0. The second kappa shape index (κ2) is 6.61. The van der Waals surface area contributed by atoms with Gasteiger partial charge in [-0.25, -0.2) is 14.1 Å². The third kappa shape index (κ3) is 3.09. The number of hydrogen-bond acceptors (Lipinski definition) is 2. The van der Waals surface area contributed by atoms with Crippen molar-refractivity contribution in [1.29, 1.82) is 0 Å². The molecule has 0 radical (unpaired) electrons. The Kier molecular flexibility index (Phi) is 4.60. The van der Waals surface area contributed by atoms with E-state index in [9.17, 15) is 4.39 Å². The van der Waals surface area contributed by atoms with E-state index >= 15 is 0 Å². The Bertz CT molecular complexity index is 645. The largest absolute Gasteiger partial charge is 0.237 e. The first-order valence-corrected chi connectivity index (χ1v) is 6.55. The number of rotatable bonds is 2. The van der Waals surface area contributed by atoms with Crippen molar-refractivity contribution in [2.45, 2.75) is 13.8 Å². The van der Waals surface area contributed by atoms with Crippen LogP contribution in [0.5, 0.6) is 0 Å². The van der Waals surface area contributed by atoms with Crippen LogP contribution in [0.25, 0.3) is 16.9 Å². The second-order valence-corrected chi connectivity index (χ2v) is 3.87. The van der Waals surface area contributed by atoms with Gasteiger partial charge >= 0.3 is 0 Å². The smallest absolute Gasteiger partial charge is 0.153 e. The standard InChI is InChI=1S/C14H10FN3.C2H6/c15-13-6-4-11(5-7-13)12-9-17-18(10-12)14-3-1-2-8-16-14;1-2/h1-10H;1-2H3. The highest BCUT2D eigenvalue weighted by Gasteiger charge is 2.03. The molecule has 4 heteroatoms. The summed E-state index contributed by atoms with van der Waals surface area (Å²) < 4.78 is 14.5. The molecule has 2 aromatic heterocycles. The van der Waals surface area contributed by atoms with E-state index in [4.69, 9.17) is 0 Å². The minimum atomic E-state index is -0.240. The van der Waals surface area contributed by atoms with E-state index in [1.807, 2.05) is 38.2 Å². The van der Waals surface area contributed by atoms with Gasteiger partial charge in [-0.15, -0.1) is 0 Å². The molecule has 0 amide bonds. The van der Waals surface area contributed by atoms with Crippen molar-refractivity contribution >= 4 is 0 Å². The molecule has 2 heterocycles. The van der Waals surface area contributed by atoms with Crippen LogP contribution in [0.3, 0.4) is 0 Å². The summed E-state index contributed by atoms with van der Waals surface area (Å²) in [7, 11) is 0. The van der Waals surface area contributed by atoms with Crippen molar-refractivity contribution in [2.75, 3.05) is 0 Å². The third-order valence-electron chi connectivity index (χ3n) is 2.64. The Morgan fingerprint density at radius 1 is 0.950 bits per heavy atom. The van der Waals surface area contributed by atoms with Crippen molar-refractivity contribution in [3.63, 3.8) is 0 Å². The molecule has 0 spiro atoms. The molecule has 0 N–H and O–H groups in total. The maximum atomic E-state index is 12.8. The highest BCUT2D eigenvalue weighted by Crippen LogP contribution is 2.19. The topological polar surface area (TPSA) is 30.7 Å². The number of nitrogens with zero attached hydrogens (tertiary/aromatic N) is 3. The molecule has 1 aromatic carbocycles. The van der Waals surface area contributed by atoms with Gasteiger partial charge in [0.15, 0.2) is 5.82 Å². The van der Waals surface area contributed by atoms with Gasteiger partial charge in [-0.1, -0.05) is 32.0 Å². The van der Waals surface area contributed by atoms with Crippen LogP contribution in [-0.2, 0) is 0 Å². The Morgan fingerprint density at radius 3 is 2.35 bits per heavy atom. The zero-order valence-corrected chi connectivity index (χ0v) is 11.5. The van der Waals surface area contributed by atoms with E-state index in [0.29, 0.717) is 0 Å². The third-order valence-corrected chi connectivity index (χ3v) is 2.64. The zero-order chi connectivity index (χ0) is 14.4. The Balaban J connectivity index is 0.000000704. The SMILES string of the molecule is CC.Fc1ccc(-c2cnn(-c3ccccn3)c2)cc1. The minimum absolute atomic E-state index is 0.240. The van der Waals surface area contributed by atoms with Crippen molar-refractivity contribution in [2.24, 2.45) is 0 Å². The molecule has 3 nitrogen and oxygen atoms in total. The molecule has 0 atom stereocenters. The zero-order valence-electron chi connectivity index (χ0n) is 11.5. The predicted molar refractivity (Wildman–Crippen MR) is 78.1 cm³/mol. The molecule has 0 saturated heterocycles. The van der Waals surface area contributed by atoms with E-state index in [0.717, 1.165) is 16.9 Å². The lowest BCUT2D eigenvalue weighted by molar-refractivity contribution is 0.628. The molecule has 0 saturated carbocycles. The average molecular weight is 269 g/mol. The number of hydrogen-bond donors (Lipinski definition) is 0. The number of pyridine rings is 1. The van der Waals surface area contributed by atoms with E-state index in [1.54, 1.807) is 29.2 Å². The maximum absolute atomic E-state index is 12.8. The molecule has 0 unspecified atom stereocenters. The van der Waals surface area contributed by atoms with Crippen LogP contribution in [0, 0.1) is 5.82 Å². The van der Waals surface area contributed by atoms with Crippen LogP contribution in [0.15, 0.2) is 61.1 Å². The maximum Gasteiger partial charge on any atom is 0.153 e. The molecule has 20 heavy (non-hydrogen) atoms. The summed E-state index contributed by atoms with van der Waals surface area (Å²) in [5.74, 6) is 0.515. The van der Waals surface area contributed by atoms with Crippen molar-refractivity contribution < 1.29 is 4.39 Å². The molecular weight excluding hydrogens is 253 g/mol. The van der Waals surface area contributed by atoms with E-state index in [2.05, 4.69) is 10.1 Å². The normalized spacial score (nSPS) is 9.75. The molecule has 0 aliphatic rings. The van der Waals surface area contributed by atoms with Gasteiger partial charge in [0, 0.05) is 18.0 Å². The van der Waals surface area contributed by atoms with Crippen molar-refractivity contribution in [3.8, 4) is 16.9 Å². The van der Waals surface area contributed by atoms with Gasteiger partial charge in [0.2, 0.25) is 0 Å². The van der Waals surface area contributed by atoms with Crippen LogP contribution in [0.2, 0.25) is 0 Å². The minimum Gasteiger partial charge on any atom is -0.237 e. The van der Waals surface area contributed by atoms with E-state index in [1.165, 1.54) is 12.1 Å². The highest BCUT2D eigenvalue weighted by atomic mass is 19.1. The summed E-state index contributed by atoms with van der Waals surface area (Å²) in [4.78, 5) is 4.21. The fourth-order valence-electron chi connectivity index (χ4n) is 1.73. The van der Waals surface area contributed by atoms with Crippen LogP contribution in [0.4, 0.5) is 4.39 Å². The monoisotopic (exact) mass is 269 g/mol. The fraction of sp³-hybridized carbons (Fsp3) is 0.125. The lowest BCUT2D eigenvalue weighted by Gasteiger charge is -1.98. The van der Waals surface area contributed by atoms with Crippen molar-refractivity contribution in [1.82, 2.24) is 14.8 Å². The van der Waals surface area contributed by atoms with Gasteiger partial charge in [-0.3, -0.25) is 0 Å². The van der Waals surface area contributed by atoms with Crippen LogP contribution >= 0.6 is 0 Å². The first kappa shape index (κ1) is 13.9. The van der Waals surface area contributed by atoms with Gasteiger partial charge in [0.05, 0.1) is 6.20 Å². The molecule has 3 aromatic rings. The molecular formula is C16H16FN3. The van der Waals surface area contributed by atoms with Gasteiger partial charge in [-0.05, 0) is 29.8 Å². The number of benzene rings is 1. The molecule has 0 fully saturated rings. The molecule has 0 bridgehead atoms. The molecule has 0 aliphatic carbocycles. The van der Waals surface area contributed by atoms with Crippen LogP contribution < -0.4 is 0 Å². The van der Waals surface area contributed by atoms with E-state index < -0.39 is 0 Å². The number of halogens is 1. The first-order chi connectivity index (χ1) is 9.83. The molecule has 0 aliphatic heterocycles. The quantitative estimate of drug-likeness (QED) is 0.701. The molecule has 102 valence electrons. The van der Waals surface area contributed by atoms with Crippen molar-refractivity contribution in [3.05, 3.63) is 66.9 Å². The molecule has 3 rings (SSSR count). The van der Waals surface area contributed by atoms with E-state index in [-0.39, 0.29) is 5.82 Å². The first-order valence-electron chi connectivity index (χ1n) is 6.55. The van der Waals surface area contributed by atoms with Gasteiger partial charge in [-0.2, -0.15) is 5.10 Å². The highest BCUT2D eigenvalue weighted by molar-refractivity contribution is 5.61. The van der Waals surface area contributed by atoms with Crippen LogP contribution in [0.1, 0.15) is 13.8 Å². The summed E-state index contributed by atoms with van der Waals surface area (Å²) in [6.07, 6.45) is 5.33. The summed E-state index contributed by atoms with van der Waals surface area (Å²) in [5, 5.41) is 4.25. The van der Waals surface area contributed by atoms with Gasteiger partial charge < -0.3 is 0 Å². The fourth-order valence-corrected chi connectivity index (χ4v) is 1.73. The Morgan fingerprint density at radius 2 is 1.70 bits per heavy atom.